The molecular formula is C12H18N2O3S. The summed E-state index contributed by atoms with van der Waals surface area (Å²) in [5, 5.41) is 12.6. The summed E-state index contributed by atoms with van der Waals surface area (Å²) in [7, 11) is -2.10. The van der Waals surface area contributed by atoms with Crippen molar-refractivity contribution in [2.45, 2.75) is 29.7 Å². The molecule has 5 nitrogen and oxygen atoms in total. The van der Waals surface area contributed by atoms with E-state index in [1.807, 2.05) is 0 Å². The van der Waals surface area contributed by atoms with Gasteiger partial charge in [-0.1, -0.05) is 12.1 Å². The van der Waals surface area contributed by atoms with Crippen LogP contribution in [0.4, 0.5) is 5.69 Å². The van der Waals surface area contributed by atoms with Gasteiger partial charge >= 0.3 is 0 Å². The molecule has 0 spiro atoms. The van der Waals surface area contributed by atoms with Crippen LogP contribution in [0.3, 0.4) is 0 Å². The van der Waals surface area contributed by atoms with Gasteiger partial charge in [-0.05, 0) is 38.4 Å². The smallest absolute Gasteiger partial charge is 0.242 e. The fourth-order valence-corrected chi connectivity index (χ4v) is 3.01. The first-order valence-electron chi connectivity index (χ1n) is 5.95. The van der Waals surface area contributed by atoms with Crippen LogP contribution in [0.25, 0.3) is 0 Å². The van der Waals surface area contributed by atoms with E-state index < -0.39 is 10.0 Å². The third-order valence-corrected chi connectivity index (χ3v) is 4.93. The van der Waals surface area contributed by atoms with Crippen molar-refractivity contribution in [3.63, 3.8) is 0 Å². The predicted molar refractivity (Wildman–Crippen MR) is 70.0 cm³/mol. The number of para-hydroxylation sites is 1. The Morgan fingerprint density at radius 2 is 2.00 bits per heavy atom. The molecule has 0 amide bonds. The summed E-state index contributed by atoms with van der Waals surface area (Å²) in [6.07, 6.45) is 2.77. The second-order valence-electron chi connectivity index (χ2n) is 4.62. The molecule has 1 fully saturated rings. The van der Waals surface area contributed by atoms with Crippen molar-refractivity contribution in [2.75, 3.05) is 19.0 Å². The Bertz CT molecular complexity index is 518. The van der Waals surface area contributed by atoms with Crippen molar-refractivity contribution in [2.24, 2.45) is 0 Å². The maximum Gasteiger partial charge on any atom is 0.242 e. The summed E-state index contributed by atoms with van der Waals surface area (Å²) in [5.74, 6) is 0. The zero-order valence-corrected chi connectivity index (χ0v) is 11.1. The molecule has 1 aromatic rings. The van der Waals surface area contributed by atoms with Gasteiger partial charge in [0.15, 0.2) is 0 Å². The van der Waals surface area contributed by atoms with Crippen LogP contribution < -0.4 is 10.0 Å². The Kier molecular flexibility index (Phi) is 3.61. The Morgan fingerprint density at radius 1 is 1.33 bits per heavy atom. The number of hydrogen-bond donors (Lipinski definition) is 3. The molecule has 100 valence electrons. The number of hydrogen-bond acceptors (Lipinski definition) is 4. The van der Waals surface area contributed by atoms with E-state index in [1.165, 1.54) is 7.05 Å². The van der Waals surface area contributed by atoms with Crippen LogP contribution >= 0.6 is 0 Å². The summed E-state index contributed by atoms with van der Waals surface area (Å²) in [6, 6.07) is 6.74. The van der Waals surface area contributed by atoms with Crippen molar-refractivity contribution in [3.05, 3.63) is 24.3 Å². The molecule has 18 heavy (non-hydrogen) atoms. The van der Waals surface area contributed by atoms with Gasteiger partial charge in [0.25, 0.3) is 0 Å². The number of rotatable bonds is 5. The average molecular weight is 270 g/mol. The van der Waals surface area contributed by atoms with Gasteiger partial charge in [-0.2, -0.15) is 0 Å². The van der Waals surface area contributed by atoms with Crippen molar-refractivity contribution < 1.29 is 13.5 Å². The largest absolute Gasteiger partial charge is 0.394 e. The molecule has 1 aromatic carbocycles. The Balaban J connectivity index is 2.34. The van der Waals surface area contributed by atoms with Gasteiger partial charge in [-0.15, -0.1) is 0 Å². The molecular weight excluding hydrogens is 252 g/mol. The SMILES string of the molecule is CNS(=O)(=O)c1ccccc1NC1(CO)CCC1. The van der Waals surface area contributed by atoms with E-state index in [0.29, 0.717) is 5.69 Å². The zero-order valence-electron chi connectivity index (χ0n) is 10.3. The Labute approximate surface area is 107 Å². The van der Waals surface area contributed by atoms with E-state index in [0.717, 1.165) is 19.3 Å². The molecule has 0 bridgehead atoms. The van der Waals surface area contributed by atoms with Gasteiger partial charge in [-0.3, -0.25) is 0 Å². The highest BCUT2D eigenvalue weighted by atomic mass is 32.2. The molecule has 0 radical (unpaired) electrons. The lowest BCUT2D eigenvalue weighted by atomic mass is 9.77. The molecule has 1 aliphatic rings. The lowest BCUT2D eigenvalue weighted by molar-refractivity contribution is 0.144. The van der Waals surface area contributed by atoms with Crippen LogP contribution in [0.1, 0.15) is 19.3 Å². The third-order valence-electron chi connectivity index (χ3n) is 3.46. The minimum Gasteiger partial charge on any atom is -0.394 e. The Hall–Kier alpha value is -1.11. The van der Waals surface area contributed by atoms with Gasteiger partial charge in [0.05, 0.1) is 17.8 Å². The first-order valence-corrected chi connectivity index (χ1v) is 7.43. The summed E-state index contributed by atoms with van der Waals surface area (Å²) >= 11 is 0. The molecule has 6 heteroatoms. The molecule has 0 aliphatic heterocycles. The number of nitrogens with one attached hydrogen (secondary N) is 2. The molecule has 1 saturated carbocycles. The number of benzene rings is 1. The number of sulfonamides is 1. The number of aliphatic hydroxyl groups is 1. The highest BCUT2D eigenvalue weighted by molar-refractivity contribution is 7.89. The maximum absolute atomic E-state index is 11.9. The van der Waals surface area contributed by atoms with Crippen LogP contribution in [0, 0.1) is 0 Å². The first kappa shape index (κ1) is 13.3. The highest BCUT2D eigenvalue weighted by Gasteiger charge is 2.37. The zero-order chi connectivity index (χ0) is 13.2. The van der Waals surface area contributed by atoms with E-state index in [9.17, 15) is 13.5 Å². The highest BCUT2D eigenvalue weighted by Crippen LogP contribution is 2.36. The monoisotopic (exact) mass is 270 g/mol. The molecule has 0 saturated heterocycles. The molecule has 0 aromatic heterocycles. The van der Waals surface area contributed by atoms with Crippen molar-refractivity contribution in [1.29, 1.82) is 0 Å². The molecule has 0 atom stereocenters. The molecule has 0 unspecified atom stereocenters. The lowest BCUT2D eigenvalue weighted by Crippen LogP contribution is -2.48. The lowest BCUT2D eigenvalue weighted by Gasteiger charge is -2.42. The summed E-state index contributed by atoms with van der Waals surface area (Å²) in [5.41, 5.74) is 0.180. The number of anilines is 1. The van der Waals surface area contributed by atoms with Crippen LogP contribution in [0.5, 0.6) is 0 Å². The summed E-state index contributed by atoms with van der Waals surface area (Å²) in [4.78, 5) is 0.215. The predicted octanol–water partition coefficient (Wildman–Crippen LogP) is 0.922. The van der Waals surface area contributed by atoms with Crippen molar-refractivity contribution in [1.82, 2.24) is 4.72 Å². The first-order chi connectivity index (χ1) is 8.53. The van der Waals surface area contributed by atoms with Crippen molar-refractivity contribution in [3.8, 4) is 0 Å². The topological polar surface area (TPSA) is 78.4 Å². The van der Waals surface area contributed by atoms with E-state index >= 15 is 0 Å². The standard InChI is InChI=1S/C12H18N2O3S/c1-13-18(16,17)11-6-3-2-5-10(11)14-12(9-15)7-4-8-12/h2-3,5-6,13-15H,4,7-9H2,1H3. The third kappa shape index (κ3) is 2.36. The molecule has 3 N–H and O–H groups in total. The molecule has 0 heterocycles. The normalized spacial score (nSPS) is 18.1. The summed E-state index contributed by atoms with van der Waals surface area (Å²) < 4.78 is 26.1. The summed E-state index contributed by atoms with van der Waals surface area (Å²) in [6.45, 7) is 0.0148. The second kappa shape index (κ2) is 4.87. The van der Waals surface area contributed by atoms with Gasteiger partial charge in [0, 0.05) is 0 Å². The molecule has 2 rings (SSSR count). The minimum atomic E-state index is -3.49. The van der Waals surface area contributed by atoms with E-state index in [1.54, 1.807) is 24.3 Å². The van der Waals surface area contributed by atoms with Gasteiger partial charge in [0.1, 0.15) is 4.90 Å². The average Bonchev–Trinajstić information content (AvgIpc) is 2.34. The molecule has 1 aliphatic carbocycles. The van der Waals surface area contributed by atoms with Crippen LogP contribution in [0.2, 0.25) is 0 Å². The quantitative estimate of drug-likeness (QED) is 0.743. The van der Waals surface area contributed by atoms with Crippen LogP contribution in [-0.4, -0.2) is 32.7 Å². The van der Waals surface area contributed by atoms with E-state index in [2.05, 4.69) is 10.0 Å². The maximum atomic E-state index is 11.9. The van der Waals surface area contributed by atoms with Gasteiger partial charge in [0.2, 0.25) is 10.0 Å². The van der Waals surface area contributed by atoms with Gasteiger partial charge in [-0.25, -0.2) is 13.1 Å². The number of aliphatic hydroxyl groups excluding tert-OH is 1. The van der Waals surface area contributed by atoms with Crippen molar-refractivity contribution >= 4 is 15.7 Å². The van der Waals surface area contributed by atoms with Crippen LogP contribution in [0.15, 0.2) is 29.2 Å². The van der Waals surface area contributed by atoms with Gasteiger partial charge < -0.3 is 10.4 Å². The Morgan fingerprint density at radius 3 is 2.50 bits per heavy atom. The fourth-order valence-electron chi connectivity index (χ4n) is 2.13. The minimum absolute atomic E-state index is 0.0148. The van der Waals surface area contributed by atoms with Crippen LogP contribution in [-0.2, 0) is 10.0 Å². The van der Waals surface area contributed by atoms with E-state index in [-0.39, 0.29) is 17.0 Å². The van der Waals surface area contributed by atoms with E-state index in [4.69, 9.17) is 0 Å². The second-order valence-corrected chi connectivity index (χ2v) is 6.48. The fraction of sp³-hybridized carbons (Fsp3) is 0.500.